The summed E-state index contributed by atoms with van der Waals surface area (Å²) in [6.45, 7) is 3.54. The highest BCUT2D eigenvalue weighted by atomic mass is 15.1. The SMILES string of the molecule is C=C[CH]c1cn[nH]c1. The Morgan fingerprint density at radius 3 is 3.12 bits per heavy atom. The Labute approximate surface area is 48.2 Å². The normalized spacial score (nSPS) is 9.00. The van der Waals surface area contributed by atoms with Crippen LogP contribution in [0, 0.1) is 6.42 Å². The average molecular weight is 107 g/mol. The van der Waals surface area contributed by atoms with Crippen LogP contribution in [0.2, 0.25) is 0 Å². The lowest BCUT2D eigenvalue weighted by Gasteiger charge is -1.78. The number of nitrogens with one attached hydrogen (secondary N) is 1. The Morgan fingerprint density at radius 1 is 1.75 bits per heavy atom. The van der Waals surface area contributed by atoms with Gasteiger partial charge in [-0.2, -0.15) is 5.10 Å². The van der Waals surface area contributed by atoms with Crippen LogP contribution in [0.1, 0.15) is 5.56 Å². The van der Waals surface area contributed by atoms with Crippen molar-refractivity contribution >= 4 is 0 Å². The van der Waals surface area contributed by atoms with Crippen molar-refractivity contribution < 1.29 is 0 Å². The van der Waals surface area contributed by atoms with Gasteiger partial charge >= 0.3 is 0 Å². The van der Waals surface area contributed by atoms with Gasteiger partial charge < -0.3 is 0 Å². The minimum Gasteiger partial charge on any atom is -0.285 e. The number of hydrogen-bond donors (Lipinski definition) is 1. The molecular weight excluding hydrogens is 100 g/mol. The van der Waals surface area contributed by atoms with Crippen molar-refractivity contribution in [2.45, 2.75) is 0 Å². The highest BCUT2D eigenvalue weighted by molar-refractivity contribution is 5.20. The Morgan fingerprint density at radius 2 is 2.62 bits per heavy atom. The smallest absolute Gasteiger partial charge is 0.0525 e. The second-order valence-electron chi connectivity index (χ2n) is 1.43. The first-order valence-electron chi connectivity index (χ1n) is 2.38. The first-order valence-corrected chi connectivity index (χ1v) is 2.38. The zero-order chi connectivity index (χ0) is 5.82. The topological polar surface area (TPSA) is 28.7 Å². The number of aromatic nitrogens is 2. The number of aromatic amines is 1. The molecule has 0 bridgehead atoms. The minimum absolute atomic E-state index is 1.06. The van der Waals surface area contributed by atoms with Crippen LogP contribution < -0.4 is 0 Å². The predicted octanol–water partition coefficient (Wildman–Crippen LogP) is 1.15. The third-order valence-corrected chi connectivity index (χ3v) is 0.830. The molecule has 0 aliphatic carbocycles. The van der Waals surface area contributed by atoms with Crippen LogP contribution in [0.3, 0.4) is 0 Å². The van der Waals surface area contributed by atoms with E-state index in [1.165, 1.54) is 0 Å². The van der Waals surface area contributed by atoms with Gasteiger partial charge in [-0.25, -0.2) is 0 Å². The Balaban J connectivity index is 2.62. The molecule has 1 radical (unpaired) electrons. The molecule has 0 spiro atoms. The molecule has 0 aromatic carbocycles. The largest absolute Gasteiger partial charge is 0.285 e. The maximum Gasteiger partial charge on any atom is 0.0525 e. The Kier molecular flexibility index (Phi) is 1.47. The van der Waals surface area contributed by atoms with Crippen LogP contribution in [0.15, 0.2) is 25.0 Å². The number of allylic oxidation sites excluding steroid dienone is 1. The summed E-state index contributed by atoms with van der Waals surface area (Å²) >= 11 is 0. The van der Waals surface area contributed by atoms with Gasteiger partial charge in [0.1, 0.15) is 0 Å². The van der Waals surface area contributed by atoms with Crippen molar-refractivity contribution in [1.29, 1.82) is 0 Å². The lowest BCUT2D eigenvalue weighted by Crippen LogP contribution is -1.66. The molecule has 0 aliphatic heterocycles. The first-order chi connectivity index (χ1) is 3.93. The van der Waals surface area contributed by atoms with Crippen LogP contribution >= 0.6 is 0 Å². The number of nitrogens with zero attached hydrogens (tertiary/aromatic N) is 1. The van der Waals surface area contributed by atoms with Crippen molar-refractivity contribution in [2.24, 2.45) is 0 Å². The number of rotatable bonds is 2. The fraction of sp³-hybridized carbons (Fsp3) is 0. The summed E-state index contributed by atoms with van der Waals surface area (Å²) in [7, 11) is 0. The maximum absolute atomic E-state index is 3.74. The molecule has 2 nitrogen and oxygen atoms in total. The molecule has 2 heteroatoms. The van der Waals surface area contributed by atoms with Crippen molar-refractivity contribution in [1.82, 2.24) is 10.2 Å². The summed E-state index contributed by atoms with van der Waals surface area (Å²) in [4.78, 5) is 0. The summed E-state index contributed by atoms with van der Waals surface area (Å²) in [5, 5.41) is 6.42. The van der Waals surface area contributed by atoms with E-state index in [4.69, 9.17) is 0 Å². The van der Waals surface area contributed by atoms with Gasteiger partial charge in [0.2, 0.25) is 0 Å². The van der Waals surface area contributed by atoms with Gasteiger partial charge in [-0.3, -0.25) is 5.10 Å². The van der Waals surface area contributed by atoms with E-state index in [1.54, 1.807) is 12.3 Å². The third kappa shape index (κ3) is 0.964. The highest BCUT2D eigenvalue weighted by Crippen LogP contribution is 1.96. The number of hydrogen-bond acceptors (Lipinski definition) is 1. The van der Waals surface area contributed by atoms with Crippen molar-refractivity contribution in [3.8, 4) is 0 Å². The quantitative estimate of drug-likeness (QED) is 0.603. The van der Waals surface area contributed by atoms with E-state index in [9.17, 15) is 0 Å². The molecule has 0 unspecified atom stereocenters. The summed E-state index contributed by atoms with van der Waals surface area (Å²) in [6, 6.07) is 0. The van der Waals surface area contributed by atoms with Gasteiger partial charge in [0.05, 0.1) is 6.20 Å². The molecule has 0 amide bonds. The molecule has 0 fully saturated rings. The molecule has 0 aliphatic rings. The first kappa shape index (κ1) is 5.09. The standard InChI is InChI=1S/C6H7N2/c1-2-3-6-4-7-8-5-6/h2-5H,1H2,(H,7,8). The maximum atomic E-state index is 3.74. The molecule has 8 heavy (non-hydrogen) atoms. The molecule has 0 saturated carbocycles. The summed E-state index contributed by atoms with van der Waals surface area (Å²) in [5.41, 5.74) is 1.06. The summed E-state index contributed by atoms with van der Waals surface area (Å²) in [6.07, 6.45) is 7.15. The van der Waals surface area contributed by atoms with Gasteiger partial charge in [0, 0.05) is 12.6 Å². The van der Waals surface area contributed by atoms with Crippen LogP contribution in [-0.4, -0.2) is 10.2 Å². The van der Waals surface area contributed by atoms with Crippen LogP contribution in [0.25, 0.3) is 0 Å². The van der Waals surface area contributed by atoms with E-state index in [2.05, 4.69) is 16.8 Å². The van der Waals surface area contributed by atoms with E-state index in [-0.39, 0.29) is 0 Å². The molecule has 1 aromatic rings. The van der Waals surface area contributed by atoms with Crippen LogP contribution in [0.4, 0.5) is 0 Å². The Hall–Kier alpha value is -1.05. The van der Waals surface area contributed by atoms with Gasteiger partial charge in [0.25, 0.3) is 0 Å². The second kappa shape index (κ2) is 2.31. The fourth-order valence-electron chi connectivity index (χ4n) is 0.488. The van der Waals surface area contributed by atoms with Crippen LogP contribution in [-0.2, 0) is 0 Å². The molecular formula is C6H7N2. The zero-order valence-corrected chi connectivity index (χ0v) is 4.46. The monoisotopic (exact) mass is 107 g/mol. The third-order valence-electron chi connectivity index (χ3n) is 0.830. The lowest BCUT2D eigenvalue weighted by atomic mass is 10.3. The van der Waals surface area contributed by atoms with Crippen molar-refractivity contribution in [2.75, 3.05) is 0 Å². The zero-order valence-electron chi connectivity index (χ0n) is 4.46. The lowest BCUT2D eigenvalue weighted by molar-refractivity contribution is 1.09. The Bertz CT molecular complexity index is 153. The van der Waals surface area contributed by atoms with Gasteiger partial charge in [-0.15, -0.1) is 6.58 Å². The fourth-order valence-corrected chi connectivity index (χ4v) is 0.488. The summed E-state index contributed by atoms with van der Waals surface area (Å²) in [5.74, 6) is 0. The predicted molar refractivity (Wildman–Crippen MR) is 32.2 cm³/mol. The highest BCUT2D eigenvalue weighted by Gasteiger charge is 1.85. The number of H-pyrrole nitrogens is 1. The molecule has 1 heterocycles. The van der Waals surface area contributed by atoms with E-state index < -0.39 is 0 Å². The molecule has 1 N–H and O–H groups in total. The molecule has 41 valence electrons. The van der Waals surface area contributed by atoms with Gasteiger partial charge in [-0.1, -0.05) is 6.08 Å². The summed E-state index contributed by atoms with van der Waals surface area (Å²) < 4.78 is 0. The van der Waals surface area contributed by atoms with Crippen LogP contribution in [0.5, 0.6) is 0 Å². The van der Waals surface area contributed by atoms with E-state index in [1.807, 2.05) is 12.6 Å². The van der Waals surface area contributed by atoms with Crippen molar-refractivity contribution in [3.05, 3.63) is 37.0 Å². The van der Waals surface area contributed by atoms with E-state index in [0.29, 0.717) is 0 Å². The molecule has 1 aromatic heterocycles. The van der Waals surface area contributed by atoms with Crippen molar-refractivity contribution in [3.63, 3.8) is 0 Å². The average Bonchev–Trinajstić information content (AvgIpc) is 2.19. The van der Waals surface area contributed by atoms with E-state index in [0.717, 1.165) is 5.56 Å². The van der Waals surface area contributed by atoms with Gasteiger partial charge in [0.15, 0.2) is 0 Å². The molecule has 1 rings (SSSR count). The minimum atomic E-state index is 1.06. The molecule has 0 saturated heterocycles. The molecule has 0 atom stereocenters. The van der Waals surface area contributed by atoms with E-state index >= 15 is 0 Å². The second-order valence-corrected chi connectivity index (χ2v) is 1.43. The van der Waals surface area contributed by atoms with Gasteiger partial charge in [-0.05, 0) is 5.56 Å².